The first-order chi connectivity index (χ1) is 12.3. The van der Waals surface area contributed by atoms with Gasteiger partial charge in [0.05, 0.1) is 12.2 Å². The standard InChI is InChI=1S/C20H25N3O3/c1-13-7-14(2)9-18(8-13)26-16(4)20(25)22-10-17(11-22)12-23-19(24)6-5-15(3)21-23/h5-9,16-17H,10-12H2,1-4H3. The van der Waals surface area contributed by atoms with Crippen molar-refractivity contribution in [2.75, 3.05) is 13.1 Å². The average Bonchev–Trinajstić information content (AvgIpc) is 2.52. The summed E-state index contributed by atoms with van der Waals surface area (Å²) >= 11 is 0. The highest BCUT2D eigenvalue weighted by molar-refractivity contribution is 5.81. The lowest BCUT2D eigenvalue weighted by Gasteiger charge is -2.40. The van der Waals surface area contributed by atoms with Crippen molar-refractivity contribution in [3.05, 3.63) is 57.5 Å². The van der Waals surface area contributed by atoms with Crippen LogP contribution in [0, 0.1) is 26.7 Å². The zero-order valence-electron chi connectivity index (χ0n) is 15.7. The molecule has 2 aromatic rings. The minimum absolute atomic E-state index is 0.0232. The number of benzene rings is 1. The molecule has 3 rings (SSSR count). The lowest BCUT2D eigenvalue weighted by molar-refractivity contribution is -0.144. The summed E-state index contributed by atoms with van der Waals surface area (Å²) in [6.07, 6.45) is -0.531. The number of aromatic nitrogens is 2. The molecule has 0 spiro atoms. The highest BCUT2D eigenvalue weighted by Crippen LogP contribution is 2.21. The zero-order valence-corrected chi connectivity index (χ0v) is 15.7. The van der Waals surface area contributed by atoms with Gasteiger partial charge in [0.2, 0.25) is 0 Å². The summed E-state index contributed by atoms with van der Waals surface area (Å²) in [7, 11) is 0. The average molecular weight is 355 g/mol. The predicted octanol–water partition coefficient (Wildman–Crippen LogP) is 2.09. The molecule has 1 aliphatic rings. The van der Waals surface area contributed by atoms with Crippen LogP contribution in [0.15, 0.2) is 35.1 Å². The summed E-state index contributed by atoms with van der Waals surface area (Å²) < 4.78 is 7.31. The van der Waals surface area contributed by atoms with Crippen LogP contribution in [0.4, 0.5) is 0 Å². The van der Waals surface area contributed by atoms with Gasteiger partial charge in [-0.25, -0.2) is 4.68 Å². The number of amides is 1. The van der Waals surface area contributed by atoms with Gasteiger partial charge in [0.1, 0.15) is 5.75 Å². The van der Waals surface area contributed by atoms with E-state index < -0.39 is 6.10 Å². The van der Waals surface area contributed by atoms with Crippen molar-refractivity contribution in [3.63, 3.8) is 0 Å². The zero-order chi connectivity index (χ0) is 18.8. The third-order valence-corrected chi connectivity index (χ3v) is 4.56. The number of ether oxygens (including phenoxy) is 1. The Kier molecular flexibility index (Phi) is 5.11. The molecule has 0 saturated carbocycles. The van der Waals surface area contributed by atoms with Gasteiger partial charge in [-0.3, -0.25) is 9.59 Å². The molecule has 1 amide bonds. The number of carbonyl (C=O) groups is 1. The van der Waals surface area contributed by atoms with Gasteiger partial charge in [-0.1, -0.05) is 6.07 Å². The maximum atomic E-state index is 12.5. The fourth-order valence-electron chi connectivity index (χ4n) is 3.30. The molecule has 1 aliphatic heterocycles. The molecule has 1 aromatic heterocycles. The Bertz CT molecular complexity index is 849. The lowest BCUT2D eigenvalue weighted by atomic mass is 9.99. The molecule has 0 radical (unpaired) electrons. The second-order valence-electron chi connectivity index (χ2n) is 7.19. The molecule has 26 heavy (non-hydrogen) atoms. The van der Waals surface area contributed by atoms with Crippen molar-refractivity contribution >= 4 is 5.91 Å². The minimum Gasteiger partial charge on any atom is -0.481 e. The van der Waals surface area contributed by atoms with Gasteiger partial charge >= 0.3 is 0 Å². The number of rotatable bonds is 5. The largest absolute Gasteiger partial charge is 0.481 e. The second-order valence-corrected chi connectivity index (χ2v) is 7.19. The number of hydrogen-bond acceptors (Lipinski definition) is 4. The summed E-state index contributed by atoms with van der Waals surface area (Å²) in [5, 5.41) is 4.25. The van der Waals surface area contributed by atoms with Crippen LogP contribution < -0.4 is 10.3 Å². The van der Waals surface area contributed by atoms with Crippen LogP contribution in [0.5, 0.6) is 5.75 Å². The van der Waals surface area contributed by atoms with E-state index in [-0.39, 0.29) is 17.4 Å². The number of nitrogens with zero attached hydrogens (tertiary/aromatic N) is 3. The molecule has 0 N–H and O–H groups in total. The van der Waals surface area contributed by atoms with Crippen LogP contribution >= 0.6 is 0 Å². The van der Waals surface area contributed by atoms with E-state index in [2.05, 4.69) is 11.2 Å². The molecule has 6 nitrogen and oxygen atoms in total. The van der Waals surface area contributed by atoms with Gasteiger partial charge in [0, 0.05) is 25.1 Å². The van der Waals surface area contributed by atoms with Gasteiger partial charge < -0.3 is 9.64 Å². The SMILES string of the molecule is Cc1cc(C)cc(OC(C)C(=O)N2CC(Cn3nc(C)ccc3=O)C2)c1. The molecule has 1 aromatic carbocycles. The van der Waals surface area contributed by atoms with E-state index in [0.717, 1.165) is 22.6 Å². The van der Waals surface area contributed by atoms with E-state index in [9.17, 15) is 9.59 Å². The number of likely N-dealkylation sites (tertiary alicyclic amines) is 1. The summed E-state index contributed by atoms with van der Waals surface area (Å²) in [6.45, 7) is 9.44. The van der Waals surface area contributed by atoms with Crippen LogP contribution in [0.2, 0.25) is 0 Å². The first-order valence-electron chi connectivity index (χ1n) is 8.90. The Morgan fingerprint density at radius 2 is 1.85 bits per heavy atom. The highest BCUT2D eigenvalue weighted by atomic mass is 16.5. The van der Waals surface area contributed by atoms with E-state index in [1.165, 1.54) is 10.7 Å². The van der Waals surface area contributed by atoms with E-state index >= 15 is 0 Å². The smallest absolute Gasteiger partial charge is 0.266 e. The van der Waals surface area contributed by atoms with Crippen molar-refractivity contribution in [1.29, 1.82) is 0 Å². The normalized spacial score (nSPS) is 15.5. The topological polar surface area (TPSA) is 64.4 Å². The first kappa shape index (κ1) is 18.2. The third kappa shape index (κ3) is 4.12. The Morgan fingerprint density at radius 1 is 1.19 bits per heavy atom. The van der Waals surface area contributed by atoms with E-state index in [0.29, 0.717) is 19.6 Å². The van der Waals surface area contributed by atoms with Gasteiger partial charge in [0.15, 0.2) is 6.10 Å². The van der Waals surface area contributed by atoms with Crippen molar-refractivity contribution < 1.29 is 9.53 Å². The van der Waals surface area contributed by atoms with Crippen LogP contribution in [0.1, 0.15) is 23.7 Å². The van der Waals surface area contributed by atoms with Gasteiger partial charge in [-0.15, -0.1) is 0 Å². The fourth-order valence-corrected chi connectivity index (χ4v) is 3.30. The molecular formula is C20H25N3O3. The number of hydrogen-bond donors (Lipinski definition) is 0. The van der Waals surface area contributed by atoms with Gasteiger partial charge in [-0.2, -0.15) is 5.10 Å². The molecule has 2 heterocycles. The van der Waals surface area contributed by atoms with Crippen molar-refractivity contribution in [1.82, 2.24) is 14.7 Å². The number of aryl methyl sites for hydroxylation is 3. The van der Waals surface area contributed by atoms with Gasteiger partial charge in [-0.05, 0) is 57.0 Å². The maximum absolute atomic E-state index is 12.5. The Balaban J connectivity index is 1.54. The maximum Gasteiger partial charge on any atom is 0.266 e. The Morgan fingerprint density at radius 3 is 2.50 bits per heavy atom. The van der Waals surface area contributed by atoms with Gasteiger partial charge in [0.25, 0.3) is 11.5 Å². The van der Waals surface area contributed by atoms with E-state index in [4.69, 9.17) is 4.74 Å². The summed E-state index contributed by atoms with van der Waals surface area (Å²) in [5.74, 6) is 0.945. The van der Waals surface area contributed by atoms with Crippen LogP contribution in [-0.4, -0.2) is 39.8 Å². The molecule has 138 valence electrons. The van der Waals surface area contributed by atoms with Crippen molar-refractivity contribution in [2.45, 2.75) is 40.3 Å². The Labute approximate surface area is 153 Å². The minimum atomic E-state index is -0.531. The van der Waals surface area contributed by atoms with Crippen molar-refractivity contribution in [2.24, 2.45) is 5.92 Å². The first-order valence-corrected chi connectivity index (χ1v) is 8.90. The summed E-state index contributed by atoms with van der Waals surface area (Å²) in [5.41, 5.74) is 2.93. The van der Waals surface area contributed by atoms with Crippen LogP contribution in [0.3, 0.4) is 0 Å². The molecule has 1 atom stereocenters. The lowest BCUT2D eigenvalue weighted by Crippen LogP contribution is -2.55. The van der Waals surface area contributed by atoms with E-state index in [1.807, 2.05) is 32.9 Å². The third-order valence-electron chi connectivity index (χ3n) is 4.56. The monoisotopic (exact) mass is 355 g/mol. The van der Waals surface area contributed by atoms with E-state index in [1.54, 1.807) is 17.9 Å². The summed E-state index contributed by atoms with van der Waals surface area (Å²) in [6, 6.07) is 9.18. The molecule has 0 bridgehead atoms. The highest BCUT2D eigenvalue weighted by Gasteiger charge is 2.34. The van der Waals surface area contributed by atoms with Crippen LogP contribution in [0.25, 0.3) is 0 Å². The molecule has 6 heteroatoms. The van der Waals surface area contributed by atoms with Crippen LogP contribution in [-0.2, 0) is 11.3 Å². The molecule has 0 aliphatic carbocycles. The molecule has 1 unspecified atom stereocenters. The summed E-state index contributed by atoms with van der Waals surface area (Å²) in [4.78, 5) is 26.1. The second kappa shape index (κ2) is 7.32. The molecule has 1 saturated heterocycles. The quantitative estimate of drug-likeness (QED) is 0.824. The number of carbonyl (C=O) groups excluding carboxylic acids is 1. The Hall–Kier alpha value is -2.63. The van der Waals surface area contributed by atoms with Crippen molar-refractivity contribution in [3.8, 4) is 5.75 Å². The molecular weight excluding hydrogens is 330 g/mol. The molecule has 1 fully saturated rings. The predicted molar refractivity (Wildman–Crippen MR) is 99.3 cm³/mol. The fraction of sp³-hybridized carbons (Fsp3) is 0.450.